The fourth-order valence-electron chi connectivity index (χ4n) is 6.21. The number of amides is 2. The molecule has 0 aliphatic carbocycles. The van der Waals surface area contributed by atoms with Crippen LogP contribution in [-0.2, 0) is 23.1 Å². The van der Waals surface area contributed by atoms with Crippen LogP contribution < -0.4 is 10.6 Å². The first-order valence-electron chi connectivity index (χ1n) is 19.6. The van der Waals surface area contributed by atoms with E-state index in [0.29, 0.717) is 19.4 Å². The third-order valence-electron chi connectivity index (χ3n) is 9.16. The van der Waals surface area contributed by atoms with Crippen molar-refractivity contribution in [3.8, 4) is 0 Å². The highest BCUT2D eigenvalue weighted by Crippen LogP contribution is 2.14. The van der Waals surface area contributed by atoms with Crippen LogP contribution in [0.3, 0.4) is 0 Å². The summed E-state index contributed by atoms with van der Waals surface area (Å²) in [6.07, 6.45) is 39.9. The van der Waals surface area contributed by atoms with E-state index < -0.39 is 6.04 Å². The number of aryl methyl sites for hydroxylation is 1. The number of carbonyl (C=O) groups is 2. The van der Waals surface area contributed by atoms with Crippen molar-refractivity contribution in [3.05, 3.63) is 18.2 Å². The van der Waals surface area contributed by atoms with Crippen molar-refractivity contribution in [3.63, 3.8) is 0 Å². The van der Waals surface area contributed by atoms with E-state index in [1.807, 2.05) is 17.8 Å². The second-order valence-electron chi connectivity index (χ2n) is 13.7. The molecule has 1 aromatic rings. The van der Waals surface area contributed by atoms with Gasteiger partial charge in [0.15, 0.2) is 0 Å². The molecule has 262 valence electrons. The zero-order valence-corrected chi connectivity index (χ0v) is 30.2. The maximum absolute atomic E-state index is 13.1. The molecule has 0 spiro atoms. The number of hydrogen-bond donors (Lipinski definition) is 2. The predicted octanol–water partition coefficient (Wildman–Crippen LogP) is 10.5. The molecule has 45 heavy (non-hydrogen) atoms. The molecule has 6 nitrogen and oxygen atoms in total. The zero-order valence-electron chi connectivity index (χ0n) is 30.2. The first-order chi connectivity index (χ1) is 22.1. The SMILES string of the molecule is CCCCCCCCCCCCCCCCNC(=O)C(Cc1cn(C)cn1)NC(=O)CCCCCCCCCCCCCCC. The molecule has 0 radical (unpaired) electrons. The number of nitrogens with one attached hydrogen (secondary N) is 2. The maximum atomic E-state index is 13.1. The van der Waals surface area contributed by atoms with Crippen molar-refractivity contribution in [1.29, 1.82) is 0 Å². The summed E-state index contributed by atoms with van der Waals surface area (Å²) in [4.78, 5) is 30.2. The molecule has 0 aliphatic heterocycles. The van der Waals surface area contributed by atoms with Gasteiger partial charge in [-0.2, -0.15) is 0 Å². The van der Waals surface area contributed by atoms with Gasteiger partial charge in [0.05, 0.1) is 12.0 Å². The number of carbonyl (C=O) groups excluding carboxylic acids is 2. The second-order valence-corrected chi connectivity index (χ2v) is 13.7. The summed E-state index contributed by atoms with van der Waals surface area (Å²) in [5.41, 5.74) is 0.829. The summed E-state index contributed by atoms with van der Waals surface area (Å²) < 4.78 is 1.88. The molecule has 6 heteroatoms. The van der Waals surface area contributed by atoms with Crippen molar-refractivity contribution in [2.75, 3.05) is 6.54 Å². The maximum Gasteiger partial charge on any atom is 0.242 e. The first kappa shape index (κ1) is 41.2. The molecule has 0 saturated carbocycles. The molecule has 0 aromatic carbocycles. The Bertz CT molecular complexity index is 809. The highest BCUT2D eigenvalue weighted by Gasteiger charge is 2.21. The molecule has 1 rings (SSSR count). The van der Waals surface area contributed by atoms with Crippen LogP contribution in [0.4, 0.5) is 0 Å². The number of rotatable bonds is 33. The van der Waals surface area contributed by atoms with Gasteiger partial charge >= 0.3 is 0 Å². The van der Waals surface area contributed by atoms with E-state index in [1.54, 1.807) is 6.33 Å². The van der Waals surface area contributed by atoms with E-state index in [9.17, 15) is 9.59 Å². The van der Waals surface area contributed by atoms with Crippen LogP contribution in [0.2, 0.25) is 0 Å². The fraction of sp³-hybridized carbons (Fsp3) is 0.872. The average Bonchev–Trinajstić information content (AvgIpc) is 3.45. The van der Waals surface area contributed by atoms with Crippen molar-refractivity contribution < 1.29 is 9.59 Å². The van der Waals surface area contributed by atoms with E-state index in [4.69, 9.17) is 0 Å². The first-order valence-corrected chi connectivity index (χ1v) is 19.6. The molecule has 0 bridgehead atoms. The highest BCUT2D eigenvalue weighted by molar-refractivity contribution is 5.87. The van der Waals surface area contributed by atoms with E-state index >= 15 is 0 Å². The van der Waals surface area contributed by atoms with Crippen LogP contribution in [0.1, 0.15) is 199 Å². The van der Waals surface area contributed by atoms with Gasteiger partial charge < -0.3 is 15.2 Å². The summed E-state index contributed by atoms with van der Waals surface area (Å²) in [5, 5.41) is 6.11. The Morgan fingerprint density at radius 1 is 0.622 bits per heavy atom. The Labute approximate surface area is 279 Å². The lowest BCUT2D eigenvalue weighted by Crippen LogP contribution is -2.48. The number of hydrogen-bond acceptors (Lipinski definition) is 3. The molecule has 0 saturated heterocycles. The van der Waals surface area contributed by atoms with Gasteiger partial charge in [0.1, 0.15) is 6.04 Å². The van der Waals surface area contributed by atoms with Gasteiger partial charge in [0, 0.05) is 32.6 Å². The second kappa shape index (κ2) is 30.8. The largest absolute Gasteiger partial charge is 0.354 e. The number of imidazole rings is 1. The monoisotopic (exact) mass is 631 g/mol. The summed E-state index contributed by atoms with van der Waals surface area (Å²) in [7, 11) is 1.93. The van der Waals surface area contributed by atoms with Crippen LogP contribution in [0.5, 0.6) is 0 Å². The number of nitrogens with zero attached hydrogens (tertiary/aromatic N) is 2. The van der Waals surface area contributed by atoms with Crippen LogP contribution >= 0.6 is 0 Å². The zero-order chi connectivity index (χ0) is 32.6. The van der Waals surface area contributed by atoms with E-state index in [-0.39, 0.29) is 11.8 Å². The summed E-state index contributed by atoms with van der Waals surface area (Å²) in [5.74, 6) is -0.111. The fourth-order valence-corrected chi connectivity index (χ4v) is 6.21. The molecule has 0 aliphatic rings. The summed E-state index contributed by atoms with van der Waals surface area (Å²) in [6, 6.07) is -0.569. The molecule has 1 unspecified atom stereocenters. The molecule has 1 heterocycles. The van der Waals surface area contributed by atoms with Gasteiger partial charge in [0.25, 0.3) is 0 Å². The predicted molar refractivity (Wildman–Crippen MR) is 192 cm³/mol. The molecule has 0 fully saturated rings. The molecular weight excluding hydrogens is 556 g/mol. The highest BCUT2D eigenvalue weighted by atomic mass is 16.2. The van der Waals surface area contributed by atoms with Gasteiger partial charge in [-0.1, -0.05) is 174 Å². The molecular formula is C39H74N4O2. The summed E-state index contributed by atoms with van der Waals surface area (Å²) >= 11 is 0. The van der Waals surface area contributed by atoms with Gasteiger partial charge in [0.2, 0.25) is 11.8 Å². The minimum Gasteiger partial charge on any atom is -0.354 e. The Kier molecular flexibility index (Phi) is 28.2. The quantitative estimate of drug-likeness (QED) is 0.0759. The van der Waals surface area contributed by atoms with Crippen molar-refractivity contribution in [1.82, 2.24) is 20.2 Å². The average molecular weight is 631 g/mol. The lowest BCUT2D eigenvalue weighted by atomic mass is 10.0. The van der Waals surface area contributed by atoms with E-state index in [2.05, 4.69) is 29.5 Å². The molecule has 1 atom stereocenters. The Morgan fingerprint density at radius 2 is 1.02 bits per heavy atom. The molecule has 2 N–H and O–H groups in total. The van der Waals surface area contributed by atoms with Gasteiger partial charge in [-0.25, -0.2) is 4.98 Å². The minimum atomic E-state index is -0.569. The van der Waals surface area contributed by atoms with Gasteiger partial charge in [-0.3, -0.25) is 9.59 Å². The van der Waals surface area contributed by atoms with Crippen LogP contribution in [0, 0.1) is 0 Å². The van der Waals surface area contributed by atoms with Crippen LogP contribution in [-0.4, -0.2) is 34.0 Å². The Balaban J connectivity index is 2.14. The van der Waals surface area contributed by atoms with E-state index in [0.717, 1.165) is 31.4 Å². The Morgan fingerprint density at radius 3 is 1.42 bits per heavy atom. The lowest BCUT2D eigenvalue weighted by molar-refractivity contribution is -0.129. The standard InChI is InChI=1S/C39H74N4O2/c1-4-6-8-10-12-14-16-18-20-22-24-26-28-30-32-40-39(45)37(33-36-34-43(3)35-41-36)42-38(44)31-29-27-25-23-21-19-17-15-13-11-9-7-5-2/h34-35,37H,4-33H2,1-3H3,(H,40,45)(H,42,44). The third kappa shape index (κ3) is 26.0. The van der Waals surface area contributed by atoms with Gasteiger partial charge in [-0.15, -0.1) is 0 Å². The van der Waals surface area contributed by atoms with Crippen LogP contribution in [0.15, 0.2) is 12.5 Å². The third-order valence-corrected chi connectivity index (χ3v) is 9.16. The van der Waals surface area contributed by atoms with Crippen molar-refractivity contribution in [2.45, 2.75) is 206 Å². The minimum absolute atomic E-state index is 0.0225. The normalized spacial score (nSPS) is 12.0. The Hall–Kier alpha value is -1.85. The summed E-state index contributed by atoms with van der Waals surface area (Å²) in [6.45, 7) is 5.22. The van der Waals surface area contributed by atoms with Crippen LogP contribution in [0.25, 0.3) is 0 Å². The van der Waals surface area contributed by atoms with Gasteiger partial charge in [-0.05, 0) is 12.8 Å². The molecule has 2 amide bonds. The lowest BCUT2D eigenvalue weighted by Gasteiger charge is -2.18. The smallest absolute Gasteiger partial charge is 0.242 e. The number of aromatic nitrogens is 2. The topological polar surface area (TPSA) is 76.0 Å². The van der Waals surface area contributed by atoms with E-state index in [1.165, 1.54) is 148 Å². The molecule has 1 aromatic heterocycles. The number of unbranched alkanes of at least 4 members (excludes halogenated alkanes) is 25. The van der Waals surface area contributed by atoms with Crippen molar-refractivity contribution in [2.24, 2.45) is 7.05 Å². The van der Waals surface area contributed by atoms with Crippen molar-refractivity contribution >= 4 is 11.8 Å².